The molecular weight excluding hydrogens is 442 g/mol. The number of hydrogen-bond donors (Lipinski definition) is 1. The molecule has 1 heterocycles. The maximum Gasteiger partial charge on any atom is 0.243 e. The van der Waals surface area contributed by atoms with Gasteiger partial charge in [-0.3, -0.25) is 4.79 Å². The molecule has 1 fully saturated rings. The summed E-state index contributed by atoms with van der Waals surface area (Å²) in [5.41, 5.74) is 0.539. The summed E-state index contributed by atoms with van der Waals surface area (Å²) in [4.78, 5) is 12.5. The second-order valence-electron chi connectivity index (χ2n) is 6.59. The number of benzene rings is 2. The highest BCUT2D eigenvalue weighted by Crippen LogP contribution is 2.29. The quantitative estimate of drug-likeness (QED) is 0.725. The minimum absolute atomic E-state index is 0.0697. The van der Waals surface area contributed by atoms with Crippen LogP contribution in [0.3, 0.4) is 0 Å². The Morgan fingerprint density at radius 2 is 1.83 bits per heavy atom. The molecule has 0 aromatic heterocycles. The van der Waals surface area contributed by atoms with E-state index in [1.54, 1.807) is 18.2 Å². The van der Waals surface area contributed by atoms with Crippen molar-refractivity contribution in [3.05, 3.63) is 52.3 Å². The van der Waals surface area contributed by atoms with Crippen LogP contribution in [0.2, 0.25) is 10.0 Å². The van der Waals surface area contributed by atoms with Crippen LogP contribution in [0.4, 0.5) is 10.1 Å². The average molecular weight is 461 g/mol. The molecule has 0 saturated carbocycles. The van der Waals surface area contributed by atoms with Gasteiger partial charge in [0.2, 0.25) is 15.9 Å². The molecule has 0 unspecified atom stereocenters. The number of sulfonamides is 1. The molecule has 0 atom stereocenters. The number of anilines is 1. The molecule has 0 spiro atoms. The Morgan fingerprint density at radius 3 is 2.41 bits per heavy atom. The monoisotopic (exact) mass is 460 g/mol. The van der Waals surface area contributed by atoms with E-state index in [0.717, 1.165) is 12.1 Å². The topological polar surface area (TPSA) is 75.7 Å². The van der Waals surface area contributed by atoms with Crippen molar-refractivity contribution >= 4 is 44.8 Å². The van der Waals surface area contributed by atoms with Crippen LogP contribution in [-0.4, -0.2) is 38.8 Å². The normalized spacial score (nSPS) is 15.9. The lowest BCUT2D eigenvalue weighted by Gasteiger charge is -2.30. The summed E-state index contributed by atoms with van der Waals surface area (Å²) in [6, 6.07) is 8.23. The van der Waals surface area contributed by atoms with Gasteiger partial charge in [0, 0.05) is 24.7 Å². The van der Waals surface area contributed by atoms with E-state index in [4.69, 9.17) is 27.9 Å². The van der Waals surface area contributed by atoms with E-state index < -0.39 is 15.8 Å². The number of amides is 1. The first kappa shape index (κ1) is 21.8. The van der Waals surface area contributed by atoms with Gasteiger partial charge in [-0.05, 0) is 49.2 Å². The van der Waals surface area contributed by atoms with E-state index in [2.05, 4.69) is 5.32 Å². The minimum atomic E-state index is -3.80. The van der Waals surface area contributed by atoms with Gasteiger partial charge in [-0.15, -0.1) is 0 Å². The summed E-state index contributed by atoms with van der Waals surface area (Å²) < 4.78 is 45.1. The van der Waals surface area contributed by atoms with Gasteiger partial charge in [0.15, 0.2) is 0 Å². The number of methoxy groups -OCH3 is 1. The van der Waals surface area contributed by atoms with E-state index in [9.17, 15) is 17.6 Å². The molecule has 3 rings (SSSR count). The van der Waals surface area contributed by atoms with Gasteiger partial charge in [-0.25, -0.2) is 12.8 Å². The number of carbonyl (C=O) groups excluding carboxylic acids is 1. The molecule has 1 N–H and O–H groups in total. The maximum absolute atomic E-state index is 13.3. The van der Waals surface area contributed by atoms with Crippen LogP contribution in [0.1, 0.15) is 12.8 Å². The highest BCUT2D eigenvalue weighted by molar-refractivity contribution is 7.89. The van der Waals surface area contributed by atoms with Gasteiger partial charge in [0.05, 0.1) is 22.1 Å². The Balaban J connectivity index is 1.63. The highest BCUT2D eigenvalue weighted by atomic mass is 35.5. The molecule has 2 aromatic carbocycles. The zero-order valence-corrected chi connectivity index (χ0v) is 17.8. The third-order valence-corrected chi connectivity index (χ3v) is 7.25. The third-order valence-electron chi connectivity index (χ3n) is 4.77. The van der Waals surface area contributed by atoms with Crippen molar-refractivity contribution < 1.29 is 22.3 Å². The van der Waals surface area contributed by atoms with E-state index in [-0.39, 0.29) is 34.8 Å². The summed E-state index contributed by atoms with van der Waals surface area (Å²) in [7, 11) is -2.30. The highest BCUT2D eigenvalue weighted by Gasteiger charge is 2.32. The number of hydrogen-bond acceptors (Lipinski definition) is 4. The number of ether oxygens (including phenoxy) is 1. The van der Waals surface area contributed by atoms with Crippen LogP contribution in [0.15, 0.2) is 41.3 Å². The van der Waals surface area contributed by atoms with Crippen LogP contribution in [0.25, 0.3) is 0 Å². The van der Waals surface area contributed by atoms with Crippen molar-refractivity contribution in [2.24, 2.45) is 5.92 Å². The first-order valence-electron chi connectivity index (χ1n) is 8.82. The molecular formula is C19H19Cl2FN2O4S. The zero-order valence-electron chi connectivity index (χ0n) is 15.5. The number of carbonyl (C=O) groups is 1. The molecule has 156 valence electrons. The van der Waals surface area contributed by atoms with E-state index in [1.165, 1.54) is 17.5 Å². The summed E-state index contributed by atoms with van der Waals surface area (Å²) in [5, 5.41) is 2.92. The fraction of sp³-hybridized carbons (Fsp3) is 0.316. The summed E-state index contributed by atoms with van der Waals surface area (Å²) in [6.45, 7) is 0.359. The van der Waals surface area contributed by atoms with Crippen LogP contribution in [0.5, 0.6) is 5.75 Å². The maximum atomic E-state index is 13.3. The number of nitrogens with one attached hydrogen (secondary N) is 1. The zero-order chi connectivity index (χ0) is 21.2. The van der Waals surface area contributed by atoms with Gasteiger partial charge >= 0.3 is 0 Å². The van der Waals surface area contributed by atoms with E-state index >= 15 is 0 Å². The number of piperidine rings is 1. The molecule has 0 aliphatic carbocycles. The lowest BCUT2D eigenvalue weighted by molar-refractivity contribution is -0.120. The Hall–Kier alpha value is -1.87. The Morgan fingerprint density at radius 1 is 1.14 bits per heavy atom. The molecule has 1 aliphatic heterocycles. The lowest BCUT2D eigenvalue weighted by atomic mass is 9.97. The first-order valence-corrected chi connectivity index (χ1v) is 11.0. The fourth-order valence-electron chi connectivity index (χ4n) is 3.13. The van der Waals surface area contributed by atoms with Crippen molar-refractivity contribution in [1.82, 2.24) is 4.31 Å². The molecule has 1 amide bonds. The summed E-state index contributed by atoms with van der Waals surface area (Å²) >= 11 is 11.8. The van der Waals surface area contributed by atoms with Crippen molar-refractivity contribution in [3.8, 4) is 5.75 Å². The minimum Gasteiger partial charge on any atom is -0.495 e. The predicted molar refractivity (Wildman–Crippen MR) is 110 cm³/mol. The fourth-order valence-corrected chi connectivity index (χ4v) is 5.13. The standard InChI is InChI=1S/C19H19Cl2FN2O4S/c1-28-18-5-2-13(10-16(18)21)23-19(25)12-6-8-24(9-7-12)29(26,27)14-3-4-17(22)15(20)11-14/h2-5,10-12H,6-9H2,1H3,(H,23,25). The molecule has 0 bridgehead atoms. The second-order valence-corrected chi connectivity index (χ2v) is 9.35. The molecule has 1 aliphatic rings. The largest absolute Gasteiger partial charge is 0.495 e. The van der Waals surface area contributed by atoms with Gasteiger partial charge in [-0.1, -0.05) is 23.2 Å². The van der Waals surface area contributed by atoms with Gasteiger partial charge in [0.1, 0.15) is 11.6 Å². The van der Waals surface area contributed by atoms with Crippen molar-refractivity contribution in [2.75, 3.05) is 25.5 Å². The molecule has 1 saturated heterocycles. The average Bonchev–Trinajstić information content (AvgIpc) is 2.70. The Bertz CT molecular complexity index is 1020. The predicted octanol–water partition coefficient (Wildman–Crippen LogP) is 4.18. The molecule has 0 radical (unpaired) electrons. The van der Waals surface area contributed by atoms with Crippen molar-refractivity contribution in [2.45, 2.75) is 17.7 Å². The molecule has 2 aromatic rings. The molecule has 6 nitrogen and oxygen atoms in total. The summed E-state index contributed by atoms with van der Waals surface area (Å²) in [5.74, 6) is -0.712. The SMILES string of the molecule is COc1ccc(NC(=O)C2CCN(S(=O)(=O)c3ccc(F)c(Cl)c3)CC2)cc1Cl. The van der Waals surface area contributed by atoms with E-state index in [1.807, 2.05) is 0 Å². The van der Waals surface area contributed by atoms with Crippen LogP contribution < -0.4 is 10.1 Å². The number of rotatable bonds is 5. The number of nitrogens with zero attached hydrogens (tertiary/aromatic N) is 1. The Labute approximate surface area is 178 Å². The number of halogens is 3. The van der Waals surface area contributed by atoms with Gasteiger partial charge in [-0.2, -0.15) is 4.31 Å². The van der Waals surface area contributed by atoms with Crippen LogP contribution in [-0.2, 0) is 14.8 Å². The second kappa shape index (κ2) is 8.87. The van der Waals surface area contributed by atoms with E-state index in [0.29, 0.717) is 29.3 Å². The van der Waals surface area contributed by atoms with Gasteiger partial charge in [0.25, 0.3) is 0 Å². The van der Waals surface area contributed by atoms with Crippen LogP contribution in [0, 0.1) is 11.7 Å². The summed E-state index contributed by atoms with van der Waals surface area (Å²) in [6.07, 6.45) is 0.730. The third kappa shape index (κ3) is 4.83. The van der Waals surface area contributed by atoms with Crippen molar-refractivity contribution in [1.29, 1.82) is 0 Å². The first-order chi connectivity index (χ1) is 13.7. The Kier molecular flexibility index (Phi) is 6.68. The van der Waals surface area contributed by atoms with Crippen LogP contribution >= 0.6 is 23.2 Å². The lowest BCUT2D eigenvalue weighted by Crippen LogP contribution is -2.41. The van der Waals surface area contributed by atoms with Gasteiger partial charge < -0.3 is 10.1 Å². The molecule has 29 heavy (non-hydrogen) atoms. The molecule has 10 heteroatoms. The smallest absolute Gasteiger partial charge is 0.243 e. The van der Waals surface area contributed by atoms with Crippen molar-refractivity contribution in [3.63, 3.8) is 0 Å².